The normalized spacial score (nSPS) is 15.4. The largest absolute Gasteiger partial charge is 0.603 e. The van der Waals surface area contributed by atoms with Crippen LogP contribution in [0.15, 0.2) is 109 Å². The van der Waals surface area contributed by atoms with Crippen LogP contribution in [-0.4, -0.2) is 63.3 Å². The van der Waals surface area contributed by atoms with Gasteiger partial charge in [0, 0.05) is 36.7 Å². The fraction of sp³-hybridized carbons (Fsp3) is 0.302. The molecule has 5 aromatic rings. The Kier molecular flexibility index (Phi) is 11.2. The first-order valence-electron chi connectivity index (χ1n) is 18.2. The van der Waals surface area contributed by atoms with Gasteiger partial charge in [-0.1, -0.05) is 60.7 Å². The first kappa shape index (κ1) is 38.2. The molecule has 6 rings (SSSR count). The van der Waals surface area contributed by atoms with E-state index in [1.54, 1.807) is 67.4 Å². The van der Waals surface area contributed by atoms with Crippen LogP contribution in [0.4, 0.5) is 15.0 Å². The minimum absolute atomic E-state index is 0.0945. The Balaban J connectivity index is 1.19. The van der Waals surface area contributed by atoms with Crippen molar-refractivity contribution >= 4 is 34.6 Å². The number of likely N-dealkylation sites (tertiary alicyclic amines) is 1. The van der Waals surface area contributed by atoms with Crippen LogP contribution in [0.3, 0.4) is 0 Å². The van der Waals surface area contributed by atoms with Crippen molar-refractivity contribution in [2.45, 2.75) is 64.6 Å². The zero-order valence-corrected chi connectivity index (χ0v) is 31.3. The van der Waals surface area contributed by atoms with E-state index in [0.29, 0.717) is 59.3 Å². The fourth-order valence-corrected chi connectivity index (χ4v) is 6.98. The zero-order chi connectivity index (χ0) is 38.6. The molecule has 11 heteroatoms. The van der Waals surface area contributed by atoms with Crippen LogP contribution in [0.1, 0.15) is 89.9 Å². The van der Waals surface area contributed by atoms with Gasteiger partial charge >= 0.3 is 12.0 Å². The summed E-state index contributed by atoms with van der Waals surface area (Å²) in [7, 11) is 1.59. The topological polar surface area (TPSA) is 115 Å². The predicted octanol–water partition coefficient (Wildman–Crippen LogP) is 9.00. The lowest BCUT2D eigenvalue weighted by atomic mass is 9.86. The molecule has 1 saturated heterocycles. The Morgan fingerprint density at radius 1 is 0.944 bits per heavy atom. The third kappa shape index (κ3) is 8.49. The molecule has 280 valence electrons. The van der Waals surface area contributed by atoms with Crippen molar-refractivity contribution < 1.29 is 28.3 Å². The van der Waals surface area contributed by atoms with E-state index in [1.807, 2.05) is 69.3 Å². The average Bonchev–Trinajstić information content (AvgIpc) is 3.17. The van der Waals surface area contributed by atoms with Crippen LogP contribution in [0.25, 0.3) is 10.9 Å². The predicted molar refractivity (Wildman–Crippen MR) is 207 cm³/mol. The molecular formula is C43H46FN5O5. The molecule has 2 heterocycles. The second-order valence-electron chi connectivity index (χ2n) is 14.8. The van der Waals surface area contributed by atoms with Gasteiger partial charge in [0.1, 0.15) is 23.3 Å². The molecule has 1 fully saturated rings. The van der Waals surface area contributed by atoms with Gasteiger partial charge in [0.05, 0.1) is 17.6 Å². The van der Waals surface area contributed by atoms with Crippen molar-refractivity contribution in [1.29, 1.82) is 0 Å². The van der Waals surface area contributed by atoms with Gasteiger partial charge in [-0.3, -0.25) is 4.79 Å². The van der Waals surface area contributed by atoms with Gasteiger partial charge < -0.3 is 20.2 Å². The highest BCUT2D eigenvalue weighted by Gasteiger charge is 2.40. The maximum atomic E-state index is 14.9. The number of pyridine rings is 1. The number of piperidine rings is 1. The zero-order valence-electron chi connectivity index (χ0n) is 31.3. The van der Waals surface area contributed by atoms with Gasteiger partial charge in [-0.2, -0.15) is 0 Å². The minimum Gasteiger partial charge on any atom is -0.603 e. The van der Waals surface area contributed by atoms with Crippen LogP contribution in [0.5, 0.6) is 0 Å². The van der Waals surface area contributed by atoms with Gasteiger partial charge in [0.25, 0.3) is 5.91 Å². The maximum absolute atomic E-state index is 14.9. The molecule has 4 aromatic carbocycles. The molecule has 0 aliphatic carbocycles. The van der Waals surface area contributed by atoms with Crippen LogP contribution in [0.2, 0.25) is 0 Å². The summed E-state index contributed by atoms with van der Waals surface area (Å²) in [6, 6.07) is 30.0. The molecule has 10 nitrogen and oxygen atoms in total. The number of benzene rings is 4. The Hall–Kier alpha value is -5.49. The molecule has 0 radical (unpaired) electrons. The standard InChI is InChI=1S/C43H46FN5O5/c1-29(31-11-7-6-8-12-31)49(53,47(5)28-30-15-19-35(44)20-16-30)41(51)34-17-21-38-33(27-34)18-22-39(45-38)46-40(50)37-14-10-9-13-36(37)32-23-25-48(26-24-32)42(52)54-43(2,3)4/h6-22,27,29,32H,23-26,28H2,1-5H3,(H,45,46,50). The van der Waals surface area contributed by atoms with E-state index >= 15 is 0 Å². The molecule has 2 atom stereocenters. The van der Waals surface area contributed by atoms with Gasteiger partial charge in [-0.25, -0.2) is 23.7 Å². The Labute approximate surface area is 315 Å². The number of fused-ring (bicyclic) bond motifs is 1. The molecule has 0 bridgehead atoms. The van der Waals surface area contributed by atoms with E-state index in [2.05, 4.69) is 10.3 Å². The highest BCUT2D eigenvalue weighted by Crippen LogP contribution is 2.34. The van der Waals surface area contributed by atoms with Crippen LogP contribution in [0, 0.1) is 11.0 Å². The van der Waals surface area contributed by atoms with Crippen molar-refractivity contribution in [2.24, 2.45) is 0 Å². The monoisotopic (exact) mass is 731 g/mol. The number of hydrogen-bond acceptors (Lipinski definition) is 7. The maximum Gasteiger partial charge on any atom is 0.410 e. The number of carbonyl (C=O) groups excluding carboxylic acids is 3. The molecule has 0 spiro atoms. The van der Waals surface area contributed by atoms with Crippen LogP contribution in [-0.2, 0) is 11.3 Å². The molecule has 2 unspecified atom stereocenters. The van der Waals surface area contributed by atoms with Gasteiger partial charge in [-0.05, 0) is 106 Å². The van der Waals surface area contributed by atoms with E-state index in [0.717, 1.165) is 5.56 Å². The third-order valence-electron chi connectivity index (χ3n) is 9.90. The van der Waals surface area contributed by atoms with Crippen LogP contribution >= 0.6 is 0 Å². The number of halogens is 1. The number of quaternary nitrogens is 1. The number of nitrogens with zero attached hydrogens (tertiary/aromatic N) is 4. The Bertz CT molecular complexity index is 2130. The quantitative estimate of drug-likeness (QED) is 0.119. The highest BCUT2D eigenvalue weighted by molar-refractivity contribution is 6.05. The summed E-state index contributed by atoms with van der Waals surface area (Å²) >= 11 is 0. The number of hydroxylamine groups is 2. The molecular weight excluding hydrogens is 686 g/mol. The number of carbonyl (C=O) groups is 3. The number of nitrogens with one attached hydrogen (secondary N) is 1. The van der Waals surface area contributed by atoms with Crippen molar-refractivity contribution in [1.82, 2.24) is 14.9 Å². The molecule has 54 heavy (non-hydrogen) atoms. The summed E-state index contributed by atoms with van der Waals surface area (Å²) in [6.07, 6.45) is 1.08. The van der Waals surface area contributed by atoms with Crippen molar-refractivity contribution in [3.63, 3.8) is 0 Å². The first-order valence-corrected chi connectivity index (χ1v) is 18.2. The van der Waals surface area contributed by atoms with Gasteiger partial charge in [-0.15, -0.1) is 5.01 Å². The van der Waals surface area contributed by atoms with E-state index in [-0.39, 0.29) is 35.8 Å². The molecule has 1 aliphatic rings. The highest BCUT2D eigenvalue weighted by atomic mass is 19.1. The molecule has 3 amide bonds. The SMILES string of the molecule is CC(c1ccccc1)[N+]([O-])(C(=O)c1ccc2nc(NC(=O)c3ccccc3C3CCN(C(=O)OC(C)(C)C)CC3)ccc2c1)N(C)Cc1ccc(F)cc1. The number of anilines is 1. The number of rotatable bonds is 9. The summed E-state index contributed by atoms with van der Waals surface area (Å²) in [5, 5.41) is 19.9. The van der Waals surface area contributed by atoms with E-state index in [9.17, 15) is 24.0 Å². The molecule has 0 saturated carbocycles. The summed E-state index contributed by atoms with van der Waals surface area (Å²) in [6.45, 7) is 8.45. The van der Waals surface area contributed by atoms with Crippen molar-refractivity contribution in [3.8, 4) is 0 Å². The third-order valence-corrected chi connectivity index (χ3v) is 9.90. The average molecular weight is 732 g/mol. The number of hydrogen-bond donors (Lipinski definition) is 1. The van der Waals surface area contributed by atoms with Gasteiger partial charge in [0.15, 0.2) is 0 Å². The summed E-state index contributed by atoms with van der Waals surface area (Å²) in [4.78, 5) is 46.9. The summed E-state index contributed by atoms with van der Waals surface area (Å²) in [5.74, 6) is -0.914. The number of aromatic nitrogens is 1. The minimum atomic E-state index is -1.31. The fourth-order valence-electron chi connectivity index (χ4n) is 6.98. The summed E-state index contributed by atoms with van der Waals surface area (Å²) in [5.41, 5.74) is 3.01. The number of amides is 3. The van der Waals surface area contributed by atoms with E-state index in [4.69, 9.17) is 4.74 Å². The molecule has 1 aromatic heterocycles. The smallest absolute Gasteiger partial charge is 0.410 e. The Morgan fingerprint density at radius 2 is 1.61 bits per heavy atom. The van der Waals surface area contributed by atoms with Crippen molar-refractivity contribution in [2.75, 3.05) is 25.5 Å². The van der Waals surface area contributed by atoms with Gasteiger partial charge in [0.2, 0.25) is 0 Å². The lowest BCUT2D eigenvalue weighted by Crippen LogP contribution is -2.58. The molecule has 1 N–H and O–H groups in total. The second kappa shape index (κ2) is 15.9. The first-order chi connectivity index (χ1) is 25.7. The Morgan fingerprint density at radius 3 is 2.30 bits per heavy atom. The molecule has 1 aliphatic heterocycles. The second-order valence-corrected chi connectivity index (χ2v) is 14.8. The van der Waals surface area contributed by atoms with Crippen LogP contribution < -0.4 is 5.32 Å². The lowest BCUT2D eigenvalue weighted by Gasteiger charge is -2.49. The lowest BCUT2D eigenvalue weighted by molar-refractivity contribution is -0.947. The number of ether oxygens (including phenoxy) is 1. The summed E-state index contributed by atoms with van der Waals surface area (Å²) < 4.78 is 17.9. The van der Waals surface area contributed by atoms with E-state index in [1.165, 1.54) is 17.1 Å². The van der Waals surface area contributed by atoms with E-state index < -0.39 is 22.3 Å². The van der Waals surface area contributed by atoms with Crippen molar-refractivity contribution in [3.05, 3.63) is 148 Å².